The average Bonchev–Trinajstić information content (AvgIpc) is 2.59. The number of hydrogen-bond acceptors (Lipinski definition) is 4. The highest BCUT2D eigenvalue weighted by Gasteiger charge is 2.36. The fourth-order valence-electron chi connectivity index (χ4n) is 3.67. The lowest BCUT2D eigenvalue weighted by molar-refractivity contribution is -0.0173. The Morgan fingerprint density at radius 2 is 1.89 bits per heavy atom. The minimum absolute atomic E-state index is 0.0468. The molecule has 8 heteroatoms. The molecule has 0 bridgehead atoms. The maximum atomic E-state index is 12.9. The molecule has 156 valence electrons. The fourth-order valence-corrected chi connectivity index (χ4v) is 3.95. The van der Waals surface area contributed by atoms with Crippen LogP contribution in [0, 0.1) is 0 Å². The molecule has 7 nitrogen and oxygen atoms in total. The summed E-state index contributed by atoms with van der Waals surface area (Å²) in [6.45, 7) is 9.63. The Kier molecular flexibility index (Phi) is 7.31. The van der Waals surface area contributed by atoms with Crippen molar-refractivity contribution in [1.82, 2.24) is 9.80 Å². The summed E-state index contributed by atoms with van der Waals surface area (Å²) >= 11 is 6.08. The Morgan fingerprint density at radius 1 is 1.25 bits per heavy atom. The van der Waals surface area contributed by atoms with Gasteiger partial charge in [0.05, 0.1) is 16.2 Å². The molecule has 1 aromatic rings. The van der Waals surface area contributed by atoms with E-state index in [2.05, 4.69) is 24.1 Å². The zero-order valence-corrected chi connectivity index (χ0v) is 17.8. The van der Waals surface area contributed by atoms with Crippen LogP contribution < -0.4 is 11.1 Å². The molecule has 0 unspecified atom stereocenters. The van der Waals surface area contributed by atoms with Crippen LogP contribution >= 0.6 is 11.6 Å². The molecule has 0 radical (unpaired) electrons. The smallest absolute Gasteiger partial charge is 0.322 e. The van der Waals surface area contributed by atoms with E-state index in [1.807, 2.05) is 4.90 Å². The van der Waals surface area contributed by atoms with Gasteiger partial charge in [0.15, 0.2) is 0 Å². The summed E-state index contributed by atoms with van der Waals surface area (Å²) in [5.41, 5.74) is 5.22. The van der Waals surface area contributed by atoms with Crippen LogP contribution in [0.1, 0.15) is 50.9 Å². The van der Waals surface area contributed by atoms with Crippen molar-refractivity contribution in [2.45, 2.75) is 58.2 Å². The Bertz CT molecular complexity index is 720. The van der Waals surface area contributed by atoms with E-state index in [4.69, 9.17) is 17.3 Å². The number of primary amides is 1. The molecule has 1 aromatic carbocycles. The van der Waals surface area contributed by atoms with Crippen molar-refractivity contribution in [3.8, 4) is 0 Å². The van der Waals surface area contributed by atoms with Crippen LogP contribution in [0.25, 0.3) is 0 Å². The van der Waals surface area contributed by atoms with Crippen molar-refractivity contribution in [2.24, 2.45) is 5.73 Å². The normalized spacial score (nSPS) is 20.9. The second-order valence-corrected chi connectivity index (χ2v) is 8.41. The van der Waals surface area contributed by atoms with Gasteiger partial charge in [-0.05, 0) is 44.9 Å². The van der Waals surface area contributed by atoms with E-state index >= 15 is 0 Å². The first-order chi connectivity index (χ1) is 13.1. The molecule has 1 aliphatic heterocycles. The van der Waals surface area contributed by atoms with Crippen LogP contribution in [0.2, 0.25) is 5.02 Å². The number of carbonyl (C=O) groups is 2. The van der Waals surface area contributed by atoms with E-state index in [-0.39, 0.29) is 28.7 Å². The quantitative estimate of drug-likeness (QED) is 0.671. The Hall–Kier alpha value is -1.83. The molecule has 0 saturated carbocycles. The van der Waals surface area contributed by atoms with Crippen molar-refractivity contribution < 1.29 is 14.7 Å². The summed E-state index contributed by atoms with van der Waals surface area (Å²) < 4.78 is 0. The van der Waals surface area contributed by atoms with Crippen molar-refractivity contribution in [2.75, 3.05) is 25.0 Å². The molecule has 1 fully saturated rings. The third-order valence-corrected chi connectivity index (χ3v) is 5.40. The number of amides is 3. The predicted octanol–water partition coefficient (Wildman–Crippen LogP) is 2.92. The molecule has 2 rings (SSSR count). The van der Waals surface area contributed by atoms with Gasteiger partial charge in [-0.15, -0.1) is 0 Å². The Morgan fingerprint density at radius 3 is 2.39 bits per heavy atom. The van der Waals surface area contributed by atoms with Gasteiger partial charge in [0.2, 0.25) is 5.91 Å². The van der Waals surface area contributed by atoms with E-state index in [9.17, 15) is 14.7 Å². The second-order valence-electron chi connectivity index (χ2n) is 8.01. The number of nitrogens with one attached hydrogen (secondary N) is 1. The standard InChI is InChI=1S/C20H31ClN4O3/c1-5-14-11-25(15(6-2)10-24(14)12-20(3,4)28)19(27)23-13-7-8-16(18(22)26)17(21)9-13/h7-9,14-15,28H,5-6,10-12H2,1-4H3,(H2,22,26)(H,23,27)/t14-,15+/m0/s1. The summed E-state index contributed by atoms with van der Waals surface area (Å²) in [7, 11) is 0. The number of anilines is 1. The molecule has 1 heterocycles. The Balaban J connectivity index is 2.13. The van der Waals surface area contributed by atoms with E-state index in [0.29, 0.717) is 25.3 Å². The van der Waals surface area contributed by atoms with Crippen LogP contribution in [0.15, 0.2) is 18.2 Å². The molecule has 1 aliphatic rings. The molecule has 1 saturated heterocycles. The Labute approximate surface area is 171 Å². The first-order valence-electron chi connectivity index (χ1n) is 9.69. The van der Waals surface area contributed by atoms with Crippen LogP contribution in [-0.4, -0.2) is 64.2 Å². The zero-order chi connectivity index (χ0) is 21.1. The lowest BCUT2D eigenvalue weighted by Crippen LogP contribution is -2.62. The highest BCUT2D eigenvalue weighted by atomic mass is 35.5. The van der Waals surface area contributed by atoms with Crippen molar-refractivity contribution in [1.29, 1.82) is 0 Å². The number of aliphatic hydroxyl groups is 1. The molecule has 0 aliphatic carbocycles. The molecule has 28 heavy (non-hydrogen) atoms. The third kappa shape index (κ3) is 5.59. The van der Waals surface area contributed by atoms with Gasteiger partial charge in [-0.3, -0.25) is 9.69 Å². The summed E-state index contributed by atoms with van der Waals surface area (Å²) in [5, 5.41) is 13.3. The second kappa shape index (κ2) is 9.11. The van der Waals surface area contributed by atoms with Gasteiger partial charge in [0, 0.05) is 37.4 Å². The lowest BCUT2D eigenvalue weighted by Gasteiger charge is -2.47. The first kappa shape index (κ1) is 22.5. The number of piperazine rings is 1. The molecular weight excluding hydrogens is 380 g/mol. The summed E-state index contributed by atoms with van der Waals surface area (Å²) in [4.78, 5) is 28.4. The monoisotopic (exact) mass is 410 g/mol. The summed E-state index contributed by atoms with van der Waals surface area (Å²) in [5.74, 6) is -0.609. The topological polar surface area (TPSA) is 98.9 Å². The summed E-state index contributed by atoms with van der Waals surface area (Å²) in [6, 6.07) is 4.69. The maximum Gasteiger partial charge on any atom is 0.322 e. The van der Waals surface area contributed by atoms with Gasteiger partial charge >= 0.3 is 6.03 Å². The number of carbonyl (C=O) groups excluding carboxylic acids is 2. The van der Waals surface area contributed by atoms with E-state index in [1.54, 1.807) is 19.9 Å². The molecule has 3 amide bonds. The highest BCUT2D eigenvalue weighted by Crippen LogP contribution is 2.25. The number of nitrogens with two attached hydrogens (primary N) is 1. The van der Waals surface area contributed by atoms with Crippen molar-refractivity contribution in [3.63, 3.8) is 0 Å². The van der Waals surface area contributed by atoms with Gasteiger partial charge in [0.1, 0.15) is 0 Å². The number of nitrogens with zero attached hydrogens (tertiary/aromatic N) is 2. The first-order valence-corrected chi connectivity index (χ1v) is 10.1. The molecule has 4 N–H and O–H groups in total. The van der Waals surface area contributed by atoms with Gasteiger partial charge in [-0.2, -0.15) is 0 Å². The van der Waals surface area contributed by atoms with Crippen molar-refractivity contribution >= 4 is 29.2 Å². The number of benzene rings is 1. The highest BCUT2D eigenvalue weighted by molar-refractivity contribution is 6.34. The van der Waals surface area contributed by atoms with Crippen LogP contribution in [0.3, 0.4) is 0 Å². The van der Waals surface area contributed by atoms with Crippen molar-refractivity contribution in [3.05, 3.63) is 28.8 Å². The fraction of sp³-hybridized carbons (Fsp3) is 0.600. The van der Waals surface area contributed by atoms with Crippen LogP contribution in [-0.2, 0) is 0 Å². The molecule has 0 aromatic heterocycles. The van der Waals surface area contributed by atoms with E-state index < -0.39 is 11.5 Å². The van der Waals surface area contributed by atoms with Crippen LogP contribution in [0.5, 0.6) is 0 Å². The number of β-amino-alcohol motifs (C(OH)–C–C–N with tert-alkyl or cyclic N) is 1. The maximum absolute atomic E-state index is 12.9. The number of urea groups is 1. The van der Waals surface area contributed by atoms with Gasteiger partial charge in [-0.25, -0.2) is 4.79 Å². The van der Waals surface area contributed by atoms with Gasteiger partial charge < -0.3 is 21.1 Å². The molecule has 0 spiro atoms. The molecular formula is C20H31ClN4O3. The average molecular weight is 411 g/mol. The number of halogens is 1. The minimum Gasteiger partial charge on any atom is -0.389 e. The van der Waals surface area contributed by atoms with Crippen LogP contribution in [0.4, 0.5) is 10.5 Å². The number of hydrogen-bond donors (Lipinski definition) is 3. The van der Waals surface area contributed by atoms with E-state index in [0.717, 1.165) is 12.8 Å². The summed E-state index contributed by atoms with van der Waals surface area (Å²) in [6.07, 6.45) is 1.70. The van der Waals surface area contributed by atoms with Gasteiger partial charge in [-0.1, -0.05) is 25.4 Å². The molecule has 2 atom stereocenters. The third-order valence-electron chi connectivity index (χ3n) is 5.09. The largest absolute Gasteiger partial charge is 0.389 e. The lowest BCUT2D eigenvalue weighted by atomic mass is 10.00. The van der Waals surface area contributed by atoms with Gasteiger partial charge in [0.25, 0.3) is 0 Å². The number of rotatable bonds is 6. The zero-order valence-electron chi connectivity index (χ0n) is 17.0. The SMILES string of the molecule is CC[C@H]1CN(C(=O)Nc2ccc(C(N)=O)c(Cl)c2)[C@H](CC)CN1CC(C)(C)O. The van der Waals surface area contributed by atoms with E-state index in [1.165, 1.54) is 12.1 Å². The predicted molar refractivity (Wildman–Crippen MR) is 112 cm³/mol. The minimum atomic E-state index is -0.783.